The van der Waals surface area contributed by atoms with Crippen LogP contribution in [0.3, 0.4) is 0 Å². The van der Waals surface area contributed by atoms with Gasteiger partial charge in [0.2, 0.25) is 5.91 Å². The van der Waals surface area contributed by atoms with Crippen LogP contribution in [0.15, 0.2) is 24.3 Å². The van der Waals surface area contributed by atoms with Crippen LogP contribution in [-0.2, 0) is 11.2 Å². The standard InChI is InChI=1S/C12H15NO/c13-12(14)8-7-10-6-5-9-3-1-2-4-11(9)10/h1-4,10H,5-8H2,(H2,13,14)/t10-/m1/s1. The van der Waals surface area contributed by atoms with Crippen molar-refractivity contribution < 1.29 is 4.79 Å². The van der Waals surface area contributed by atoms with Crippen LogP contribution in [0.1, 0.15) is 36.3 Å². The second kappa shape index (κ2) is 3.82. The number of amides is 1. The van der Waals surface area contributed by atoms with Crippen LogP contribution in [0.4, 0.5) is 0 Å². The number of fused-ring (bicyclic) bond motifs is 1. The average Bonchev–Trinajstić information content (AvgIpc) is 2.58. The molecule has 2 nitrogen and oxygen atoms in total. The number of hydrogen-bond donors (Lipinski definition) is 1. The molecule has 0 saturated carbocycles. The highest BCUT2D eigenvalue weighted by atomic mass is 16.1. The van der Waals surface area contributed by atoms with Crippen molar-refractivity contribution in [3.63, 3.8) is 0 Å². The third-order valence-electron chi connectivity index (χ3n) is 3.00. The van der Waals surface area contributed by atoms with Gasteiger partial charge in [-0.3, -0.25) is 4.79 Å². The highest BCUT2D eigenvalue weighted by molar-refractivity contribution is 5.73. The van der Waals surface area contributed by atoms with Crippen LogP contribution in [0.25, 0.3) is 0 Å². The molecule has 0 bridgehead atoms. The largest absolute Gasteiger partial charge is 0.370 e. The summed E-state index contributed by atoms with van der Waals surface area (Å²) in [5, 5.41) is 0. The summed E-state index contributed by atoms with van der Waals surface area (Å²) >= 11 is 0. The SMILES string of the molecule is NC(=O)CC[C@H]1CCc2ccccc21. The first-order chi connectivity index (χ1) is 6.77. The van der Waals surface area contributed by atoms with Gasteiger partial charge in [-0.2, -0.15) is 0 Å². The Morgan fingerprint density at radius 2 is 2.21 bits per heavy atom. The molecule has 2 N–H and O–H groups in total. The number of primary amides is 1. The van der Waals surface area contributed by atoms with Crippen LogP contribution >= 0.6 is 0 Å². The number of rotatable bonds is 3. The summed E-state index contributed by atoms with van der Waals surface area (Å²) in [5.41, 5.74) is 8.02. The molecule has 0 unspecified atom stereocenters. The average molecular weight is 189 g/mol. The van der Waals surface area contributed by atoms with E-state index in [9.17, 15) is 4.79 Å². The van der Waals surface area contributed by atoms with Crippen molar-refractivity contribution in [3.05, 3.63) is 35.4 Å². The van der Waals surface area contributed by atoms with Crippen LogP contribution in [0.2, 0.25) is 0 Å². The predicted octanol–water partition coefficient (Wildman–Crippen LogP) is 1.98. The van der Waals surface area contributed by atoms with E-state index < -0.39 is 0 Å². The lowest BCUT2D eigenvalue weighted by Gasteiger charge is -2.09. The summed E-state index contributed by atoms with van der Waals surface area (Å²) in [6.07, 6.45) is 3.75. The second-order valence-electron chi connectivity index (χ2n) is 3.94. The quantitative estimate of drug-likeness (QED) is 0.776. The maximum absolute atomic E-state index is 10.7. The minimum atomic E-state index is -0.186. The van der Waals surface area contributed by atoms with Gasteiger partial charge in [-0.25, -0.2) is 0 Å². The van der Waals surface area contributed by atoms with Gasteiger partial charge in [0.15, 0.2) is 0 Å². The lowest BCUT2D eigenvalue weighted by molar-refractivity contribution is -0.118. The Hall–Kier alpha value is -1.31. The lowest BCUT2D eigenvalue weighted by Crippen LogP contribution is -2.11. The molecular formula is C12H15NO. The zero-order valence-electron chi connectivity index (χ0n) is 8.20. The number of nitrogens with two attached hydrogens (primary N) is 1. The monoisotopic (exact) mass is 189 g/mol. The van der Waals surface area contributed by atoms with Gasteiger partial charge >= 0.3 is 0 Å². The molecule has 2 heteroatoms. The number of benzene rings is 1. The van der Waals surface area contributed by atoms with Gasteiger partial charge in [0.1, 0.15) is 0 Å². The molecule has 0 fully saturated rings. The maximum atomic E-state index is 10.7. The third kappa shape index (κ3) is 1.79. The lowest BCUT2D eigenvalue weighted by atomic mass is 9.96. The number of aryl methyl sites for hydroxylation is 1. The van der Waals surface area contributed by atoms with E-state index in [1.807, 2.05) is 0 Å². The Kier molecular flexibility index (Phi) is 2.53. The molecule has 74 valence electrons. The van der Waals surface area contributed by atoms with Crippen molar-refractivity contribution in [3.8, 4) is 0 Å². The fourth-order valence-corrected chi connectivity index (χ4v) is 2.26. The summed E-state index contributed by atoms with van der Waals surface area (Å²) in [4.78, 5) is 10.7. The number of hydrogen-bond acceptors (Lipinski definition) is 1. The van der Waals surface area contributed by atoms with E-state index in [0.29, 0.717) is 12.3 Å². The van der Waals surface area contributed by atoms with E-state index in [2.05, 4.69) is 24.3 Å². The van der Waals surface area contributed by atoms with Gasteiger partial charge in [0.25, 0.3) is 0 Å². The first-order valence-corrected chi connectivity index (χ1v) is 5.13. The van der Waals surface area contributed by atoms with E-state index >= 15 is 0 Å². The molecule has 2 rings (SSSR count). The van der Waals surface area contributed by atoms with E-state index in [0.717, 1.165) is 12.8 Å². The van der Waals surface area contributed by atoms with E-state index in [4.69, 9.17) is 5.73 Å². The Labute approximate surface area is 84.1 Å². The van der Waals surface area contributed by atoms with Crippen molar-refractivity contribution in [1.82, 2.24) is 0 Å². The maximum Gasteiger partial charge on any atom is 0.217 e. The van der Waals surface area contributed by atoms with E-state index in [1.54, 1.807) is 0 Å². The van der Waals surface area contributed by atoms with Gasteiger partial charge in [-0.05, 0) is 36.3 Å². The Morgan fingerprint density at radius 1 is 1.43 bits per heavy atom. The summed E-state index contributed by atoms with van der Waals surface area (Å²) in [6, 6.07) is 8.50. The first-order valence-electron chi connectivity index (χ1n) is 5.13. The van der Waals surface area contributed by atoms with Gasteiger partial charge in [0, 0.05) is 6.42 Å². The predicted molar refractivity (Wildman–Crippen MR) is 55.9 cm³/mol. The molecule has 14 heavy (non-hydrogen) atoms. The molecule has 0 radical (unpaired) electrons. The van der Waals surface area contributed by atoms with Gasteiger partial charge in [-0.1, -0.05) is 24.3 Å². The van der Waals surface area contributed by atoms with E-state index in [1.165, 1.54) is 17.5 Å². The normalized spacial score (nSPS) is 19.3. The van der Waals surface area contributed by atoms with Gasteiger partial charge in [0.05, 0.1) is 0 Å². The van der Waals surface area contributed by atoms with Crippen molar-refractivity contribution in [2.45, 2.75) is 31.6 Å². The highest BCUT2D eigenvalue weighted by Gasteiger charge is 2.21. The highest BCUT2D eigenvalue weighted by Crippen LogP contribution is 2.35. The smallest absolute Gasteiger partial charge is 0.217 e. The number of carbonyl (C=O) groups excluding carboxylic acids is 1. The molecule has 1 aromatic rings. The van der Waals surface area contributed by atoms with Gasteiger partial charge < -0.3 is 5.73 Å². The zero-order chi connectivity index (χ0) is 9.97. The summed E-state index contributed by atoms with van der Waals surface area (Å²) in [7, 11) is 0. The second-order valence-corrected chi connectivity index (χ2v) is 3.94. The van der Waals surface area contributed by atoms with Crippen molar-refractivity contribution >= 4 is 5.91 Å². The van der Waals surface area contributed by atoms with Crippen LogP contribution < -0.4 is 5.73 Å². The molecular weight excluding hydrogens is 174 g/mol. The van der Waals surface area contributed by atoms with Crippen molar-refractivity contribution in [1.29, 1.82) is 0 Å². The fourth-order valence-electron chi connectivity index (χ4n) is 2.26. The zero-order valence-corrected chi connectivity index (χ0v) is 8.20. The molecule has 1 aliphatic carbocycles. The first kappa shape index (κ1) is 9.25. The molecule has 1 atom stereocenters. The van der Waals surface area contributed by atoms with Crippen LogP contribution in [0, 0.1) is 0 Å². The molecule has 0 heterocycles. The molecule has 1 amide bonds. The summed E-state index contributed by atoms with van der Waals surface area (Å²) in [5.74, 6) is 0.369. The molecule has 0 aromatic heterocycles. The summed E-state index contributed by atoms with van der Waals surface area (Å²) < 4.78 is 0. The third-order valence-corrected chi connectivity index (χ3v) is 3.00. The fraction of sp³-hybridized carbons (Fsp3) is 0.417. The molecule has 0 saturated heterocycles. The molecule has 1 aliphatic rings. The number of carbonyl (C=O) groups is 1. The molecule has 0 aliphatic heterocycles. The summed E-state index contributed by atoms with van der Waals surface area (Å²) in [6.45, 7) is 0. The van der Waals surface area contributed by atoms with E-state index in [-0.39, 0.29) is 5.91 Å². The molecule has 1 aromatic carbocycles. The van der Waals surface area contributed by atoms with Crippen molar-refractivity contribution in [2.75, 3.05) is 0 Å². The minimum Gasteiger partial charge on any atom is -0.370 e. The molecule has 0 spiro atoms. The van der Waals surface area contributed by atoms with Crippen LogP contribution in [-0.4, -0.2) is 5.91 Å². The Balaban J connectivity index is 2.07. The van der Waals surface area contributed by atoms with Gasteiger partial charge in [-0.15, -0.1) is 0 Å². The topological polar surface area (TPSA) is 43.1 Å². The minimum absolute atomic E-state index is 0.186. The van der Waals surface area contributed by atoms with Crippen LogP contribution in [0.5, 0.6) is 0 Å². The Bertz CT molecular complexity index is 346. The van der Waals surface area contributed by atoms with Crippen molar-refractivity contribution in [2.24, 2.45) is 5.73 Å². The Morgan fingerprint density at radius 3 is 3.00 bits per heavy atom.